The van der Waals surface area contributed by atoms with Crippen LogP contribution in [0.1, 0.15) is 33.4 Å². The average molecular weight is 569 g/mol. The largest absolute Gasteiger partial charge is 0.179 e. The van der Waals surface area contributed by atoms with Crippen molar-refractivity contribution in [3.63, 3.8) is 0 Å². The number of aryl methyl sites for hydroxylation is 2. The Balaban J connectivity index is 1.43. The molecule has 0 unspecified atom stereocenters. The van der Waals surface area contributed by atoms with Crippen LogP contribution in [0.4, 0.5) is 0 Å². The number of hydrogen-bond acceptors (Lipinski definition) is 0. The molecule has 0 heterocycles. The Morgan fingerprint density at radius 1 is 0.302 bits per heavy atom. The number of benzene rings is 6. The smallest absolute Gasteiger partial charge is 0.0623 e. The summed E-state index contributed by atoms with van der Waals surface area (Å²) >= 11 is 0. The molecule has 0 nitrogen and oxygen atoms in total. The fraction of sp³-hybridized carbons (Fsp3) is 0.0476. The summed E-state index contributed by atoms with van der Waals surface area (Å²) in [6.07, 6.45) is 8.79. The third-order valence-corrected chi connectivity index (χ3v) is 13.0. The van der Waals surface area contributed by atoms with Gasteiger partial charge in [-0.25, -0.2) is 0 Å². The van der Waals surface area contributed by atoms with E-state index in [-0.39, 0.29) is 0 Å². The van der Waals surface area contributed by atoms with Crippen molar-refractivity contribution >= 4 is 53.1 Å². The quantitative estimate of drug-likeness (QED) is 0.0991. The Morgan fingerprint density at radius 2 is 0.558 bits per heavy atom. The zero-order valence-corrected chi connectivity index (χ0v) is 25.8. The van der Waals surface area contributed by atoms with Crippen LogP contribution < -0.4 is 20.7 Å². The Morgan fingerprint density at radius 3 is 0.860 bits per heavy atom. The Bertz CT molecular complexity index is 1670. The van der Waals surface area contributed by atoms with Crippen molar-refractivity contribution in [3.05, 3.63) is 191 Å². The van der Waals surface area contributed by atoms with Gasteiger partial charge in [0.15, 0.2) is 8.07 Å². The lowest BCUT2D eigenvalue weighted by Gasteiger charge is -2.34. The molecule has 0 N–H and O–H groups in total. The van der Waals surface area contributed by atoms with Gasteiger partial charge in [0.2, 0.25) is 0 Å². The van der Waals surface area contributed by atoms with Gasteiger partial charge in [-0.05, 0) is 56.8 Å². The highest BCUT2D eigenvalue weighted by atomic mass is 28.3. The molecule has 0 fully saturated rings. The normalized spacial score (nSPS) is 11.8. The monoisotopic (exact) mass is 568 g/mol. The lowest BCUT2D eigenvalue weighted by molar-refractivity contribution is 1.46. The van der Waals surface area contributed by atoms with Gasteiger partial charge in [0.1, 0.15) is 0 Å². The molecule has 0 saturated heterocycles. The van der Waals surface area contributed by atoms with E-state index in [1.165, 1.54) is 54.1 Å². The van der Waals surface area contributed by atoms with Gasteiger partial charge < -0.3 is 0 Å². The number of rotatable bonds is 8. The zero-order chi connectivity index (χ0) is 29.5. The van der Waals surface area contributed by atoms with Crippen LogP contribution in [0.15, 0.2) is 158 Å². The van der Waals surface area contributed by atoms with Crippen molar-refractivity contribution < 1.29 is 0 Å². The minimum absolute atomic E-state index is 1.20. The first-order chi connectivity index (χ1) is 21.1. The molecule has 0 atom stereocenters. The third-order valence-electron chi connectivity index (χ3n) is 8.19. The molecule has 0 spiro atoms. The fourth-order valence-corrected chi connectivity index (χ4v) is 10.5. The molecule has 0 bridgehead atoms. The summed E-state index contributed by atoms with van der Waals surface area (Å²) in [6, 6.07) is 58.0. The van der Waals surface area contributed by atoms with Crippen LogP contribution in [-0.4, -0.2) is 8.07 Å². The van der Waals surface area contributed by atoms with E-state index in [0.29, 0.717) is 0 Å². The second kappa shape index (κ2) is 12.9. The van der Waals surface area contributed by atoms with Gasteiger partial charge in [0, 0.05) is 0 Å². The summed E-state index contributed by atoms with van der Waals surface area (Å²) < 4.78 is 0. The predicted octanol–water partition coefficient (Wildman–Crippen LogP) is 8.02. The van der Waals surface area contributed by atoms with Crippen molar-refractivity contribution in [1.82, 2.24) is 0 Å². The SMILES string of the molecule is Cc1ccc(C=Cc2ccc([Si](c3ccccc3)(c3ccccc3)c3ccc(C=Cc4ccc(C)cc4)cc3)cc2)cc1. The molecule has 1 heteroatoms. The molecule has 0 amide bonds. The molecule has 208 valence electrons. The molecule has 0 aliphatic rings. The topological polar surface area (TPSA) is 0 Å². The summed E-state index contributed by atoms with van der Waals surface area (Å²) in [5, 5.41) is 5.51. The third kappa shape index (κ3) is 6.28. The average Bonchev–Trinajstić information content (AvgIpc) is 3.07. The van der Waals surface area contributed by atoms with Crippen molar-refractivity contribution in [2.75, 3.05) is 0 Å². The van der Waals surface area contributed by atoms with Gasteiger partial charge in [-0.2, -0.15) is 0 Å². The zero-order valence-electron chi connectivity index (χ0n) is 24.8. The van der Waals surface area contributed by atoms with E-state index in [1.54, 1.807) is 0 Å². The lowest BCUT2D eigenvalue weighted by atomic mass is 10.1. The molecule has 0 radical (unpaired) electrons. The maximum Gasteiger partial charge on any atom is 0.179 e. The first-order valence-electron chi connectivity index (χ1n) is 14.9. The Hall–Kier alpha value is -4.98. The van der Waals surface area contributed by atoms with Gasteiger partial charge >= 0.3 is 0 Å². The standard InChI is InChI=1S/C42H36Si/c1-33-13-17-35(18-14-33)21-23-37-25-29-41(30-26-37)43(39-9-5-3-6-10-39,40-11-7-4-8-12-40)42-31-27-38(28-32-42)24-22-36-19-15-34(2)16-20-36/h3-32H,1-2H3. The van der Waals surface area contributed by atoms with E-state index in [1.807, 2.05) is 0 Å². The first-order valence-corrected chi connectivity index (χ1v) is 16.9. The van der Waals surface area contributed by atoms with E-state index in [9.17, 15) is 0 Å². The van der Waals surface area contributed by atoms with Crippen LogP contribution in [0.25, 0.3) is 24.3 Å². The Kier molecular flexibility index (Phi) is 8.44. The first kappa shape index (κ1) is 28.2. The van der Waals surface area contributed by atoms with E-state index in [4.69, 9.17) is 0 Å². The highest BCUT2D eigenvalue weighted by molar-refractivity contribution is 7.19. The molecular weight excluding hydrogens is 533 g/mol. The van der Waals surface area contributed by atoms with Gasteiger partial charge in [0.25, 0.3) is 0 Å². The fourth-order valence-electron chi connectivity index (χ4n) is 5.80. The van der Waals surface area contributed by atoms with Gasteiger partial charge in [-0.15, -0.1) is 0 Å². The minimum atomic E-state index is -2.58. The van der Waals surface area contributed by atoms with Crippen LogP contribution in [0, 0.1) is 13.8 Å². The van der Waals surface area contributed by atoms with Gasteiger partial charge in [-0.1, -0.05) is 193 Å². The molecule has 6 aromatic carbocycles. The molecule has 0 saturated carbocycles. The van der Waals surface area contributed by atoms with Gasteiger partial charge in [0.05, 0.1) is 0 Å². The van der Waals surface area contributed by atoms with E-state index in [2.05, 4.69) is 196 Å². The molecular formula is C42H36Si. The van der Waals surface area contributed by atoms with E-state index >= 15 is 0 Å². The van der Waals surface area contributed by atoms with Crippen molar-refractivity contribution in [2.45, 2.75) is 13.8 Å². The molecule has 0 aliphatic heterocycles. The second-order valence-electron chi connectivity index (χ2n) is 11.2. The molecule has 0 aliphatic carbocycles. The highest BCUT2D eigenvalue weighted by Crippen LogP contribution is 2.15. The summed E-state index contributed by atoms with van der Waals surface area (Å²) in [5.74, 6) is 0. The summed E-state index contributed by atoms with van der Waals surface area (Å²) in [5.41, 5.74) is 7.38. The predicted molar refractivity (Wildman–Crippen MR) is 190 cm³/mol. The summed E-state index contributed by atoms with van der Waals surface area (Å²) in [4.78, 5) is 0. The molecule has 6 rings (SSSR count). The van der Waals surface area contributed by atoms with E-state index in [0.717, 1.165) is 0 Å². The van der Waals surface area contributed by atoms with Crippen LogP contribution in [0.5, 0.6) is 0 Å². The second-order valence-corrected chi connectivity index (χ2v) is 15.0. The maximum atomic E-state index is 2.35. The number of hydrogen-bond donors (Lipinski definition) is 0. The summed E-state index contributed by atoms with van der Waals surface area (Å²) in [7, 11) is -2.58. The van der Waals surface area contributed by atoms with Crippen LogP contribution in [-0.2, 0) is 0 Å². The van der Waals surface area contributed by atoms with Crippen molar-refractivity contribution in [1.29, 1.82) is 0 Å². The maximum absolute atomic E-state index is 2.58. The lowest BCUT2D eigenvalue weighted by Crippen LogP contribution is -2.74. The van der Waals surface area contributed by atoms with Crippen LogP contribution >= 0.6 is 0 Å². The molecule has 0 aromatic heterocycles. The van der Waals surface area contributed by atoms with Crippen LogP contribution in [0.2, 0.25) is 0 Å². The van der Waals surface area contributed by atoms with Crippen LogP contribution in [0.3, 0.4) is 0 Å². The van der Waals surface area contributed by atoms with Crippen molar-refractivity contribution in [2.24, 2.45) is 0 Å². The molecule has 43 heavy (non-hydrogen) atoms. The molecule has 6 aromatic rings. The summed E-state index contributed by atoms with van der Waals surface area (Å²) in [6.45, 7) is 4.25. The highest BCUT2D eigenvalue weighted by Gasteiger charge is 2.41. The van der Waals surface area contributed by atoms with Crippen molar-refractivity contribution in [3.8, 4) is 0 Å². The van der Waals surface area contributed by atoms with Gasteiger partial charge in [-0.3, -0.25) is 0 Å². The Labute approximate surface area is 257 Å². The van der Waals surface area contributed by atoms with E-state index < -0.39 is 8.07 Å². The minimum Gasteiger partial charge on any atom is -0.0623 e.